The zero-order chi connectivity index (χ0) is 17.8. The molecule has 3 rings (SSSR count). The number of benzene rings is 3. The summed E-state index contributed by atoms with van der Waals surface area (Å²) in [7, 11) is 0.390. The number of hydrogen-bond acceptors (Lipinski definition) is 2. The second-order valence-electron chi connectivity index (χ2n) is 6.29. The van der Waals surface area contributed by atoms with Crippen molar-refractivity contribution >= 4 is 31.1 Å². The number of aryl methyl sites for hydroxylation is 3. The highest BCUT2D eigenvalue weighted by molar-refractivity contribution is 7.56. The van der Waals surface area contributed by atoms with Gasteiger partial charge in [0, 0.05) is 17.1 Å². The van der Waals surface area contributed by atoms with E-state index in [1.165, 1.54) is 16.4 Å². The van der Waals surface area contributed by atoms with Crippen molar-refractivity contribution in [3.05, 3.63) is 82.9 Å². The summed E-state index contributed by atoms with van der Waals surface area (Å²) in [4.78, 5) is 4.59. The summed E-state index contributed by atoms with van der Waals surface area (Å²) in [5.74, 6) is 0.399. The molecule has 126 valence electrons. The van der Waals surface area contributed by atoms with Crippen LogP contribution in [0.1, 0.15) is 22.3 Å². The minimum Gasteiger partial charge on any atom is -0.507 e. The Bertz CT molecular complexity index is 917. The molecular formula is C22H22NOP. The smallest absolute Gasteiger partial charge is 0.126 e. The lowest BCUT2D eigenvalue weighted by atomic mass is 10.1. The van der Waals surface area contributed by atoms with E-state index in [-0.39, 0.29) is 0 Å². The van der Waals surface area contributed by atoms with Crippen molar-refractivity contribution in [1.82, 2.24) is 0 Å². The molecule has 0 saturated heterocycles. The molecule has 0 amide bonds. The molecule has 3 aromatic carbocycles. The molecule has 0 heterocycles. The molecule has 3 heteroatoms. The van der Waals surface area contributed by atoms with E-state index in [0.717, 1.165) is 22.1 Å². The van der Waals surface area contributed by atoms with Crippen molar-refractivity contribution in [1.29, 1.82) is 0 Å². The van der Waals surface area contributed by atoms with Crippen molar-refractivity contribution in [3.8, 4) is 5.75 Å². The van der Waals surface area contributed by atoms with Crippen LogP contribution in [0.25, 0.3) is 0 Å². The highest BCUT2D eigenvalue weighted by Crippen LogP contribution is 2.24. The van der Waals surface area contributed by atoms with Crippen LogP contribution in [0.15, 0.2) is 65.7 Å². The number of aliphatic imine (C=N–C) groups is 1. The molecule has 1 unspecified atom stereocenters. The summed E-state index contributed by atoms with van der Waals surface area (Å²) in [6.45, 7) is 6.09. The number of phenols is 1. The molecule has 0 aliphatic carbocycles. The Balaban J connectivity index is 1.96. The Hall–Kier alpha value is -2.44. The number of phenolic OH excluding ortho intramolecular Hbond substituents is 1. The Morgan fingerprint density at radius 3 is 2.36 bits per heavy atom. The van der Waals surface area contributed by atoms with Gasteiger partial charge >= 0.3 is 0 Å². The van der Waals surface area contributed by atoms with E-state index < -0.39 is 0 Å². The Morgan fingerprint density at radius 1 is 0.840 bits per heavy atom. The summed E-state index contributed by atoms with van der Waals surface area (Å²) < 4.78 is 0. The van der Waals surface area contributed by atoms with Crippen molar-refractivity contribution in [3.63, 3.8) is 0 Å². The van der Waals surface area contributed by atoms with Gasteiger partial charge in [0.15, 0.2) is 0 Å². The highest BCUT2D eigenvalue weighted by Gasteiger charge is 2.09. The van der Waals surface area contributed by atoms with Crippen LogP contribution in [0, 0.1) is 20.8 Å². The van der Waals surface area contributed by atoms with Crippen LogP contribution in [-0.2, 0) is 0 Å². The normalized spacial score (nSPS) is 11.6. The summed E-state index contributed by atoms with van der Waals surface area (Å²) in [5, 5.41) is 12.6. The summed E-state index contributed by atoms with van der Waals surface area (Å²) in [6.07, 6.45) is 1.92. The topological polar surface area (TPSA) is 32.6 Å². The summed E-state index contributed by atoms with van der Waals surface area (Å²) in [5.41, 5.74) is 5.33. The van der Waals surface area contributed by atoms with Crippen LogP contribution in [0.2, 0.25) is 0 Å². The van der Waals surface area contributed by atoms with E-state index in [4.69, 9.17) is 0 Å². The summed E-state index contributed by atoms with van der Waals surface area (Å²) in [6, 6.07) is 20.4. The number of nitrogens with zero attached hydrogens (tertiary/aromatic N) is 1. The molecule has 0 aromatic heterocycles. The first-order valence-corrected chi connectivity index (χ1v) is 9.30. The van der Waals surface area contributed by atoms with Gasteiger partial charge in [0.2, 0.25) is 0 Å². The molecule has 0 fully saturated rings. The van der Waals surface area contributed by atoms with Crippen molar-refractivity contribution in [2.75, 3.05) is 0 Å². The quantitative estimate of drug-likeness (QED) is 0.539. The Kier molecular flexibility index (Phi) is 5.31. The molecule has 0 spiro atoms. The van der Waals surface area contributed by atoms with Crippen molar-refractivity contribution in [2.45, 2.75) is 20.8 Å². The minimum atomic E-state index is 0.390. The Morgan fingerprint density at radius 2 is 1.60 bits per heavy atom. The van der Waals surface area contributed by atoms with Gasteiger partial charge in [0.1, 0.15) is 5.75 Å². The molecule has 0 aliphatic heterocycles. The molecule has 0 aliphatic rings. The second kappa shape index (κ2) is 7.63. The number of aromatic hydroxyl groups is 1. The molecule has 0 saturated carbocycles. The van der Waals surface area contributed by atoms with Gasteiger partial charge in [-0.15, -0.1) is 0 Å². The molecule has 0 radical (unpaired) electrons. The van der Waals surface area contributed by atoms with Gasteiger partial charge in [-0.3, -0.25) is 4.99 Å². The molecule has 0 bridgehead atoms. The highest BCUT2D eigenvalue weighted by atomic mass is 31.1. The maximum absolute atomic E-state index is 10.4. The van der Waals surface area contributed by atoms with E-state index in [1.54, 1.807) is 0 Å². The lowest BCUT2D eigenvalue weighted by molar-refractivity contribution is 0.475. The van der Waals surface area contributed by atoms with Gasteiger partial charge in [-0.1, -0.05) is 50.5 Å². The van der Waals surface area contributed by atoms with Crippen LogP contribution in [0.4, 0.5) is 5.69 Å². The zero-order valence-corrected chi connectivity index (χ0v) is 15.7. The zero-order valence-electron chi connectivity index (χ0n) is 14.7. The SMILES string of the molecule is Cc1ccc(Pc2cc(C)cc(C)c2O)c(/C=N/c2ccccc2)c1. The van der Waals surface area contributed by atoms with Crippen LogP contribution in [0.5, 0.6) is 5.75 Å². The van der Waals surface area contributed by atoms with Crippen molar-refractivity contribution in [2.24, 2.45) is 4.99 Å². The Labute approximate surface area is 151 Å². The van der Waals surface area contributed by atoms with Gasteiger partial charge in [0.05, 0.1) is 5.69 Å². The molecule has 2 nitrogen and oxygen atoms in total. The maximum Gasteiger partial charge on any atom is 0.126 e. The minimum absolute atomic E-state index is 0.390. The fourth-order valence-corrected chi connectivity index (χ4v) is 4.11. The van der Waals surface area contributed by atoms with E-state index >= 15 is 0 Å². The fourth-order valence-electron chi connectivity index (χ4n) is 2.76. The fraction of sp³-hybridized carbons (Fsp3) is 0.136. The number of hydrogen-bond donors (Lipinski definition) is 1. The van der Waals surface area contributed by atoms with Gasteiger partial charge in [-0.05, 0) is 61.5 Å². The standard InChI is InChI=1S/C22H22NOP/c1-15-9-10-20(25-21-13-16(2)11-17(3)22(21)24)18(12-15)14-23-19-7-5-4-6-8-19/h4-14,24-25H,1-3H3/b23-14+. The third-order valence-electron chi connectivity index (χ3n) is 4.03. The monoisotopic (exact) mass is 347 g/mol. The van der Waals surface area contributed by atoms with Crippen molar-refractivity contribution < 1.29 is 5.11 Å². The first-order valence-electron chi connectivity index (χ1n) is 8.30. The lowest BCUT2D eigenvalue weighted by Gasteiger charge is -2.12. The van der Waals surface area contributed by atoms with E-state index in [0.29, 0.717) is 14.3 Å². The van der Waals surface area contributed by atoms with Crippen LogP contribution in [0.3, 0.4) is 0 Å². The largest absolute Gasteiger partial charge is 0.507 e. The predicted molar refractivity (Wildman–Crippen MR) is 110 cm³/mol. The third-order valence-corrected chi connectivity index (χ3v) is 5.41. The molecular weight excluding hydrogens is 325 g/mol. The van der Waals surface area contributed by atoms with Gasteiger partial charge in [-0.25, -0.2) is 0 Å². The molecule has 1 atom stereocenters. The van der Waals surface area contributed by atoms with Crippen LogP contribution in [-0.4, -0.2) is 11.3 Å². The molecule has 3 aromatic rings. The molecule has 1 N–H and O–H groups in total. The molecule has 25 heavy (non-hydrogen) atoms. The third kappa shape index (κ3) is 4.35. The summed E-state index contributed by atoms with van der Waals surface area (Å²) >= 11 is 0. The lowest BCUT2D eigenvalue weighted by Crippen LogP contribution is -2.10. The average Bonchev–Trinajstić information content (AvgIpc) is 2.60. The average molecular weight is 347 g/mol. The number of para-hydroxylation sites is 1. The van der Waals surface area contributed by atoms with Gasteiger partial charge in [-0.2, -0.15) is 0 Å². The van der Waals surface area contributed by atoms with Gasteiger partial charge < -0.3 is 5.11 Å². The van der Waals surface area contributed by atoms with E-state index in [9.17, 15) is 5.11 Å². The van der Waals surface area contributed by atoms with Crippen LogP contribution >= 0.6 is 8.58 Å². The van der Waals surface area contributed by atoms with Crippen LogP contribution < -0.4 is 10.6 Å². The second-order valence-corrected chi connectivity index (χ2v) is 7.61. The maximum atomic E-state index is 10.4. The first kappa shape index (κ1) is 17.4. The number of rotatable bonds is 4. The van der Waals surface area contributed by atoms with Gasteiger partial charge in [0.25, 0.3) is 0 Å². The van der Waals surface area contributed by atoms with E-state index in [1.807, 2.05) is 49.5 Å². The predicted octanol–water partition coefficient (Wildman–Crippen LogP) is 4.70. The first-order chi connectivity index (χ1) is 12.0. The van der Waals surface area contributed by atoms with E-state index in [2.05, 4.69) is 43.1 Å².